The Balaban J connectivity index is 1.71. The van der Waals surface area contributed by atoms with Crippen molar-refractivity contribution in [3.63, 3.8) is 0 Å². The molecule has 0 heterocycles. The van der Waals surface area contributed by atoms with E-state index in [-0.39, 0.29) is 5.41 Å². The number of fused-ring (bicyclic) bond motifs is 6. The quantitative estimate of drug-likeness (QED) is 0.662. The molecule has 0 amide bonds. The van der Waals surface area contributed by atoms with Gasteiger partial charge in [-0.1, -0.05) is 49.3 Å². The Labute approximate surface area is 150 Å². The van der Waals surface area contributed by atoms with Crippen LogP contribution in [0.15, 0.2) is 42.0 Å². The molecule has 0 N–H and O–H groups in total. The van der Waals surface area contributed by atoms with Crippen LogP contribution in [0.2, 0.25) is 0 Å². The zero-order chi connectivity index (χ0) is 17.0. The van der Waals surface area contributed by atoms with E-state index in [2.05, 4.69) is 43.3 Å². The number of unbranched alkanes of at least 4 members (excludes halogenated alkanes) is 1. The molecule has 5 rings (SSSR count). The SMILES string of the molecule is CCCCc1cccc2cc3c(cc12)C1(CC(=O)C3)CC2=CCC1C2. The third-order valence-electron chi connectivity index (χ3n) is 6.95. The van der Waals surface area contributed by atoms with Crippen LogP contribution in [0.1, 0.15) is 62.1 Å². The lowest BCUT2D eigenvalue weighted by Gasteiger charge is -2.41. The third-order valence-corrected chi connectivity index (χ3v) is 6.95. The van der Waals surface area contributed by atoms with Gasteiger partial charge in [0.15, 0.2) is 0 Å². The van der Waals surface area contributed by atoms with Gasteiger partial charge in [0.25, 0.3) is 0 Å². The second-order valence-corrected chi connectivity index (χ2v) is 8.48. The number of Topliss-reactive ketones (excluding diaryl/α,β-unsaturated/α-hetero) is 1. The summed E-state index contributed by atoms with van der Waals surface area (Å²) in [6.07, 6.45) is 11.0. The highest BCUT2D eigenvalue weighted by Crippen LogP contribution is 2.58. The van der Waals surface area contributed by atoms with Crippen molar-refractivity contribution in [3.05, 3.63) is 58.7 Å². The van der Waals surface area contributed by atoms with E-state index < -0.39 is 0 Å². The second-order valence-electron chi connectivity index (χ2n) is 8.48. The van der Waals surface area contributed by atoms with E-state index in [1.165, 1.54) is 53.1 Å². The Bertz CT molecular complexity index is 904. The molecule has 2 aromatic rings. The molecule has 1 spiro atoms. The first-order valence-electron chi connectivity index (χ1n) is 9.94. The molecule has 2 aromatic carbocycles. The van der Waals surface area contributed by atoms with E-state index in [4.69, 9.17) is 0 Å². The van der Waals surface area contributed by atoms with Gasteiger partial charge in [-0.15, -0.1) is 0 Å². The van der Waals surface area contributed by atoms with E-state index in [0.717, 1.165) is 19.3 Å². The minimum Gasteiger partial charge on any atom is -0.299 e. The number of carbonyl (C=O) groups excluding carboxylic acids is 1. The monoisotopic (exact) mass is 330 g/mol. The van der Waals surface area contributed by atoms with Gasteiger partial charge in [-0.3, -0.25) is 4.79 Å². The molecule has 3 aliphatic carbocycles. The van der Waals surface area contributed by atoms with E-state index in [0.29, 0.717) is 18.1 Å². The van der Waals surface area contributed by atoms with Gasteiger partial charge in [-0.05, 0) is 71.6 Å². The van der Waals surface area contributed by atoms with E-state index in [9.17, 15) is 4.79 Å². The molecule has 3 aliphatic rings. The fourth-order valence-electron chi connectivity index (χ4n) is 5.78. The Morgan fingerprint density at radius 3 is 2.88 bits per heavy atom. The molecule has 0 aromatic heterocycles. The lowest BCUT2D eigenvalue weighted by molar-refractivity contribution is -0.120. The number of rotatable bonds is 3. The Kier molecular flexibility index (Phi) is 3.42. The van der Waals surface area contributed by atoms with Crippen LogP contribution in [0.4, 0.5) is 0 Å². The van der Waals surface area contributed by atoms with Gasteiger partial charge in [-0.2, -0.15) is 0 Å². The highest BCUT2D eigenvalue weighted by Gasteiger charge is 2.51. The molecule has 0 radical (unpaired) electrons. The second kappa shape index (κ2) is 5.56. The molecule has 1 fully saturated rings. The van der Waals surface area contributed by atoms with Crippen molar-refractivity contribution >= 4 is 16.6 Å². The van der Waals surface area contributed by atoms with Crippen molar-refractivity contribution < 1.29 is 4.79 Å². The lowest BCUT2D eigenvalue weighted by Crippen LogP contribution is -2.39. The number of hydrogen-bond donors (Lipinski definition) is 0. The van der Waals surface area contributed by atoms with Crippen LogP contribution in [0, 0.1) is 5.92 Å². The summed E-state index contributed by atoms with van der Waals surface area (Å²) < 4.78 is 0. The van der Waals surface area contributed by atoms with Crippen molar-refractivity contribution in [3.8, 4) is 0 Å². The Morgan fingerprint density at radius 2 is 2.12 bits per heavy atom. The average molecular weight is 330 g/mol. The smallest absolute Gasteiger partial charge is 0.138 e. The average Bonchev–Trinajstić information content (AvgIpc) is 3.19. The predicted octanol–water partition coefficient (Wildman–Crippen LogP) is 5.68. The summed E-state index contributed by atoms with van der Waals surface area (Å²) in [6, 6.07) is 11.5. The number of benzene rings is 2. The van der Waals surface area contributed by atoms with Crippen molar-refractivity contribution in [2.45, 2.75) is 63.7 Å². The molecule has 2 unspecified atom stereocenters. The number of hydrogen-bond acceptors (Lipinski definition) is 1. The Morgan fingerprint density at radius 1 is 1.20 bits per heavy atom. The first-order chi connectivity index (χ1) is 12.2. The summed E-state index contributed by atoms with van der Waals surface area (Å²) >= 11 is 0. The third kappa shape index (κ3) is 2.25. The zero-order valence-electron chi connectivity index (χ0n) is 15.1. The number of aryl methyl sites for hydroxylation is 1. The normalized spacial score (nSPS) is 27.2. The van der Waals surface area contributed by atoms with Gasteiger partial charge in [-0.25, -0.2) is 0 Å². The lowest BCUT2D eigenvalue weighted by atomic mass is 9.62. The largest absolute Gasteiger partial charge is 0.299 e. The summed E-state index contributed by atoms with van der Waals surface area (Å²) in [4.78, 5) is 12.6. The van der Waals surface area contributed by atoms with Crippen LogP contribution in [0.25, 0.3) is 10.8 Å². The summed E-state index contributed by atoms with van der Waals surface area (Å²) in [5.74, 6) is 1.10. The van der Waals surface area contributed by atoms with Crippen LogP contribution in [-0.4, -0.2) is 5.78 Å². The fourth-order valence-corrected chi connectivity index (χ4v) is 5.78. The summed E-state index contributed by atoms with van der Waals surface area (Å²) in [5.41, 5.74) is 6.02. The Hall–Kier alpha value is -1.89. The molecule has 2 bridgehead atoms. The topological polar surface area (TPSA) is 17.1 Å². The molecule has 128 valence electrons. The van der Waals surface area contributed by atoms with Gasteiger partial charge in [0, 0.05) is 18.3 Å². The standard InChI is InChI=1S/C24H26O/c1-2-3-5-17-6-4-7-18-11-19-12-21(25)15-24(23(19)13-22(17)18)14-16-8-9-20(24)10-16/h4,6-8,11,13,20H,2-3,5,9-10,12,14-15H2,1H3. The highest BCUT2D eigenvalue weighted by molar-refractivity contribution is 5.92. The van der Waals surface area contributed by atoms with Gasteiger partial charge in [0.2, 0.25) is 0 Å². The van der Waals surface area contributed by atoms with Crippen LogP contribution in [0.5, 0.6) is 0 Å². The molecule has 2 atom stereocenters. The molecule has 1 saturated carbocycles. The van der Waals surface area contributed by atoms with Crippen LogP contribution >= 0.6 is 0 Å². The molecule has 1 nitrogen and oxygen atoms in total. The maximum Gasteiger partial charge on any atom is 0.138 e. The number of allylic oxidation sites excluding steroid dienone is 2. The number of ketones is 1. The minimum absolute atomic E-state index is 0.112. The summed E-state index contributed by atoms with van der Waals surface area (Å²) in [6.45, 7) is 2.26. The maximum atomic E-state index is 12.6. The zero-order valence-corrected chi connectivity index (χ0v) is 15.1. The van der Waals surface area contributed by atoms with E-state index in [1.54, 1.807) is 5.57 Å². The molecular formula is C24H26O. The number of carbonyl (C=O) groups is 1. The van der Waals surface area contributed by atoms with Crippen molar-refractivity contribution in [2.24, 2.45) is 5.92 Å². The van der Waals surface area contributed by atoms with E-state index >= 15 is 0 Å². The van der Waals surface area contributed by atoms with Crippen LogP contribution in [-0.2, 0) is 23.1 Å². The molecular weight excluding hydrogens is 304 g/mol. The molecule has 0 saturated heterocycles. The molecule has 0 aliphatic heterocycles. The fraction of sp³-hybridized carbons (Fsp3) is 0.458. The van der Waals surface area contributed by atoms with E-state index in [1.807, 2.05) is 0 Å². The van der Waals surface area contributed by atoms with Gasteiger partial charge < -0.3 is 0 Å². The van der Waals surface area contributed by atoms with Crippen LogP contribution in [0.3, 0.4) is 0 Å². The highest BCUT2D eigenvalue weighted by atomic mass is 16.1. The molecule has 25 heavy (non-hydrogen) atoms. The van der Waals surface area contributed by atoms with Crippen molar-refractivity contribution in [1.82, 2.24) is 0 Å². The summed E-state index contributed by atoms with van der Waals surface area (Å²) in [5, 5.41) is 2.75. The van der Waals surface area contributed by atoms with Gasteiger partial charge >= 0.3 is 0 Å². The van der Waals surface area contributed by atoms with Crippen molar-refractivity contribution in [2.75, 3.05) is 0 Å². The first kappa shape index (κ1) is 15.4. The van der Waals surface area contributed by atoms with Crippen LogP contribution < -0.4 is 0 Å². The van der Waals surface area contributed by atoms with Gasteiger partial charge in [0.1, 0.15) is 5.78 Å². The molecule has 1 heteroatoms. The van der Waals surface area contributed by atoms with Crippen molar-refractivity contribution in [1.29, 1.82) is 0 Å². The maximum absolute atomic E-state index is 12.6. The minimum atomic E-state index is 0.112. The first-order valence-corrected chi connectivity index (χ1v) is 9.94. The summed E-state index contributed by atoms with van der Waals surface area (Å²) in [7, 11) is 0. The van der Waals surface area contributed by atoms with Gasteiger partial charge in [0.05, 0.1) is 0 Å². The predicted molar refractivity (Wildman–Crippen MR) is 103 cm³/mol.